The summed E-state index contributed by atoms with van der Waals surface area (Å²) in [5.74, 6) is -6.82. The van der Waals surface area contributed by atoms with Gasteiger partial charge in [-0.3, -0.25) is 9.59 Å². The van der Waals surface area contributed by atoms with Crippen LogP contribution in [0, 0.1) is 17.8 Å². The maximum Gasteiger partial charge on any atom is 0.311 e. The van der Waals surface area contributed by atoms with Crippen molar-refractivity contribution >= 4 is 11.9 Å². The highest BCUT2D eigenvalue weighted by atomic mass is 16.7. The number of fused-ring (bicyclic) bond motifs is 2. The van der Waals surface area contributed by atoms with Crippen molar-refractivity contribution in [3.05, 3.63) is 72.9 Å². The van der Waals surface area contributed by atoms with Crippen LogP contribution in [-0.4, -0.2) is 166 Å². The van der Waals surface area contributed by atoms with Crippen molar-refractivity contribution in [3.8, 4) is 0 Å². The number of carboxylic acids is 1. The molecule has 0 aromatic rings. The van der Waals surface area contributed by atoms with E-state index in [4.69, 9.17) is 24.7 Å². The molecular weight excluding hydrogens is 851 g/mol. The first kappa shape index (κ1) is 56.1. The van der Waals surface area contributed by atoms with Gasteiger partial charge in [0, 0.05) is 31.1 Å². The second-order valence-electron chi connectivity index (χ2n) is 17.8. The van der Waals surface area contributed by atoms with Crippen LogP contribution in [0.5, 0.6) is 0 Å². The Bertz CT molecular complexity index is 1620. The Morgan fingerprint density at radius 2 is 1.28 bits per heavy atom. The minimum Gasteiger partial charge on any atom is -0.481 e. The molecule has 13 N–H and O–H groups in total. The number of carbonyl (C=O) groups is 2. The number of allylic oxidation sites excluding steroid dienone is 10. The van der Waals surface area contributed by atoms with Gasteiger partial charge in [-0.05, 0) is 52.4 Å². The van der Waals surface area contributed by atoms with Crippen LogP contribution in [0.1, 0.15) is 91.9 Å². The van der Waals surface area contributed by atoms with E-state index in [2.05, 4.69) is 0 Å². The molecule has 0 amide bonds. The van der Waals surface area contributed by atoms with Gasteiger partial charge in [0.25, 0.3) is 0 Å². The number of cyclic esters (lactones) is 1. The molecule has 0 aliphatic carbocycles. The van der Waals surface area contributed by atoms with E-state index in [1.807, 2.05) is 49.5 Å². The van der Waals surface area contributed by atoms with E-state index in [1.165, 1.54) is 13.0 Å². The van der Waals surface area contributed by atoms with Gasteiger partial charge in [-0.15, -0.1) is 0 Å². The van der Waals surface area contributed by atoms with Crippen molar-refractivity contribution in [2.45, 2.75) is 189 Å². The van der Waals surface area contributed by atoms with E-state index in [1.54, 1.807) is 38.2 Å². The molecule has 0 spiro atoms. The van der Waals surface area contributed by atoms with Crippen molar-refractivity contribution in [3.63, 3.8) is 0 Å². The summed E-state index contributed by atoms with van der Waals surface area (Å²) in [6, 6.07) is -1.14. The Labute approximate surface area is 381 Å². The highest BCUT2D eigenvalue weighted by molar-refractivity contribution is 5.71. The molecule has 0 aromatic carbocycles. The van der Waals surface area contributed by atoms with Crippen molar-refractivity contribution < 1.29 is 84.7 Å². The Morgan fingerprint density at radius 3 is 1.94 bits per heavy atom. The second-order valence-corrected chi connectivity index (χ2v) is 17.8. The zero-order valence-electron chi connectivity index (χ0n) is 37.8. The number of aliphatic carboxylic acids is 1. The molecule has 18 heteroatoms. The number of hydrogen-bond donors (Lipinski definition) is 12. The molecule has 0 radical (unpaired) electrons. The quantitative estimate of drug-likeness (QED) is 0.175. The third kappa shape index (κ3) is 18.8. The molecule has 2 saturated heterocycles. The lowest BCUT2D eigenvalue weighted by molar-refractivity contribution is -0.310. The summed E-state index contributed by atoms with van der Waals surface area (Å²) in [5.41, 5.74) is 6.02. The fraction of sp³-hybridized carbons (Fsp3) is 0.702. The van der Waals surface area contributed by atoms with Gasteiger partial charge in [0.1, 0.15) is 18.1 Å². The summed E-state index contributed by atoms with van der Waals surface area (Å²) >= 11 is 0. The molecule has 65 heavy (non-hydrogen) atoms. The van der Waals surface area contributed by atoms with E-state index in [0.29, 0.717) is 0 Å². The first-order valence-corrected chi connectivity index (χ1v) is 22.6. The number of nitrogens with two attached hydrogens (primary N) is 1. The molecule has 18 nitrogen and oxygen atoms in total. The van der Waals surface area contributed by atoms with Crippen LogP contribution >= 0.6 is 0 Å². The topological polar surface area (TPSA) is 320 Å². The lowest BCUT2D eigenvalue weighted by atomic mass is 9.82. The standard InChI is InChI=1S/C47H75NO17/c1-27-17-15-13-11-9-7-5-6-8-10-12-14-16-18-34(64-46-44(58)41(48)43(57)30(4)63-46)24-38-40(45(59)60)37(54)26-47(61,65-38)25-36(53)35(52)20-19-31(49)21-32(50)22-33(51)23-39(55)62-29(3)28(2)42(27)56/h5-6,8,10-18,27-38,40-44,46,49-54,56-58,61H,7,9,19-26,48H2,1-4H3,(H,59,60)/b6-5+,10-8+,13-11+,14-12+,17-15+,18-16+/t27-,28-,29-,30+,31+,32+,33-,34-,35+,36+,37-,38-,40+,41-,42+,43+,44-,46-,47-/m0/s1. The molecular formula is C47H75NO17. The van der Waals surface area contributed by atoms with Gasteiger partial charge in [-0.25, -0.2) is 0 Å². The predicted octanol–water partition coefficient (Wildman–Crippen LogP) is 0.936. The third-order valence-corrected chi connectivity index (χ3v) is 12.2. The highest BCUT2D eigenvalue weighted by Gasteiger charge is 2.51. The molecule has 0 aromatic heterocycles. The van der Waals surface area contributed by atoms with Gasteiger partial charge in [0.2, 0.25) is 0 Å². The summed E-state index contributed by atoms with van der Waals surface area (Å²) in [5, 5.41) is 118. The van der Waals surface area contributed by atoms with Crippen molar-refractivity contribution in [1.82, 2.24) is 0 Å². The normalized spacial score (nSPS) is 45.2. The van der Waals surface area contributed by atoms with Crippen LogP contribution in [0.4, 0.5) is 0 Å². The number of carboxylic acid groups (broad SMARTS) is 1. The molecule has 3 heterocycles. The first-order chi connectivity index (χ1) is 30.6. The van der Waals surface area contributed by atoms with E-state index in [9.17, 15) is 65.8 Å². The van der Waals surface area contributed by atoms with Crippen LogP contribution in [-0.2, 0) is 28.5 Å². The van der Waals surface area contributed by atoms with Crippen LogP contribution < -0.4 is 5.73 Å². The zero-order valence-corrected chi connectivity index (χ0v) is 37.8. The smallest absolute Gasteiger partial charge is 0.311 e. The van der Waals surface area contributed by atoms with Crippen LogP contribution in [0.25, 0.3) is 0 Å². The van der Waals surface area contributed by atoms with Gasteiger partial charge in [0.05, 0.1) is 79.6 Å². The van der Waals surface area contributed by atoms with Gasteiger partial charge >= 0.3 is 11.9 Å². The van der Waals surface area contributed by atoms with Crippen molar-refractivity contribution in [2.24, 2.45) is 23.5 Å². The maximum absolute atomic E-state index is 12.6. The molecule has 0 saturated carbocycles. The van der Waals surface area contributed by atoms with E-state index in [-0.39, 0.29) is 38.0 Å². The summed E-state index contributed by atoms with van der Waals surface area (Å²) in [6.07, 6.45) is 2.28. The molecule has 3 rings (SSSR count). The summed E-state index contributed by atoms with van der Waals surface area (Å²) in [6.45, 7) is 6.78. The van der Waals surface area contributed by atoms with Gasteiger partial charge in [0.15, 0.2) is 12.1 Å². The minimum absolute atomic E-state index is 0.138. The molecule has 370 valence electrons. The molecule has 0 unspecified atom stereocenters. The molecule has 2 bridgehead atoms. The number of rotatable bonds is 3. The van der Waals surface area contributed by atoms with Crippen LogP contribution in [0.3, 0.4) is 0 Å². The monoisotopic (exact) mass is 926 g/mol. The number of aliphatic hydroxyl groups excluding tert-OH is 9. The maximum atomic E-state index is 12.6. The average molecular weight is 926 g/mol. The Kier molecular flexibility index (Phi) is 23.8. The third-order valence-electron chi connectivity index (χ3n) is 12.2. The first-order valence-electron chi connectivity index (χ1n) is 22.6. The van der Waals surface area contributed by atoms with Crippen molar-refractivity contribution in [1.29, 1.82) is 0 Å². The molecule has 2 fully saturated rings. The van der Waals surface area contributed by atoms with Crippen molar-refractivity contribution in [2.75, 3.05) is 0 Å². The Hall–Kier alpha value is -3.18. The van der Waals surface area contributed by atoms with Gasteiger partial charge in [-0.2, -0.15) is 0 Å². The van der Waals surface area contributed by atoms with Crippen LogP contribution in [0.15, 0.2) is 72.9 Å². The zero-order chi connectivity index (χ0) is 48.4. The SMILES string of the molecule is C[C@@H]1[C@H](O)[C@@H](C)/C=C/C=C/CC/C=C/C=C/C=C/C=C/[C@H](O[C@@H]2O[C@H](C)[C@@H](O)[C@H](N)[C@@H]2O)C[C@@H]2O[C@@](O)(C[C@@H](O)[C@H](O)CC[C@@H](O)C[C@@H](O)C[C@H](O)CC(=O)O[C@H]1C)C[C@H](O)[C@H]2C(=O)O. The number of ether oxygens (including phenoxy) is 4. The summed E-state index contributed by atoms with van der Waals surface area (Å²) < 4.78 is 23.2. The lowest BCUT2D eigenvalue weighted by Gasteiger charge is -2.45. The van der Waals surface area contributed by atoms with E-state index < -0.39 is 141 Å². The number of aliphatic hydroxyl groups is 10. The highest BCUT2D eigenvalue weighted by Crippen LogP contribution is 2.38. The minimum atomic E-state index is -2.35. The fourth-order valence-corrected chi connectivity index (χ4v) is 8.11. The summed E-state index contributed by atoms with van der Waals surface area (Å²) in [7, 11) is 0. The fourth-order valence-electron chi connectivity index (χ4n) is 8.11. The van der Waals surface area contributed by atoms with E-state index in [0.717, 1.165) is 12.8 Å². The molecule has 3 aliphatic heterocycles. The second kappa shape index (κ2) is 27.6. The average Bonchev–Trinajstić information content (AvgIpc) is 3.21. The number of carbonyl (C=O) groups excluding carboxylic acids is 1. The Morgan fingerprint density at radius 1 is 0.692 bits per heavy atom. The summed E-state index contributed by atoms with van der Waals surface area (Å²) in [4.78, 5) is 25.1. The molecule has 3 aliphatic rings. The largest absolute Gasteiger partial charge is 0.481 e. The molecule has 19 atom stereocenters. The van der Waals surface area contributed by atoms with Crippen LogP contribution in [0.2, 0.25) is 0 Å². The number of esters is 1. The predicted molar refractivity (Wildman–Crippen MR) is 237 cm³/mol. The van der Waals surface area contributed by atoms with E-state index >= 15 is 0 Å². The lowest BCUT2D eigenvalue weighted by Crippen LogP contribution is -2.61. The number of hydrogen-bond acceptors (Lipinski definition) is 17. The van der Waals surface area contributed by atoms with Gasteiger partial charge < -0.3 is 80.9 Å². The Balaban J connectivity index is 1.84. The van der Waals surface area contributed by atoms with Gasteiger partial charge in [-0.1, -0.05) is 86.8 Å².